The first-order valence-electron chi connectivity index (χ1n) is 7.13. The predicted molar refractivity (Wildman–Crippen MR) is 81.4 cm³/mol. The molecule has 2 aromatic rings. The molecule has 26 heavy (non-hydrogen) atoms. The zero-order valence-corrected chi connectivity index (χ0v) is 12.7. The number of benzene rings is 2. The van der Waals surface area contributed by atoms with Crippen LogP contribution in [0.3, 0.4) is 0 Å². The summed E-state index contributed by atoms with van der Waals surface area (Å²) in [5.74, 6) is -7.18. The minimum absolute atomic E-state index is 0.00155. The summed E-state index contributed by atoms with van der Waals surface area (Å²) in [4.78, 5) is 33.2. The molecule has 0 spiro atoms. The maximum atomic E-state index is 14.0. The predicted octanol–water partition coefficient (Wildman–Crippen LogP) is 3.12. The number of carbonyl (C=O) groups is 1. The fourth-order valence-corrected chi connectivity index (χ4v) is 2.72. The van der Waals surface area contributed by atoms with Crippen LogP contribution in [-0.2, 0) is 6.42 Å². The van der Waals surface area contributed by atoms with Crippen molar-refractivity contribution in [3.05, 3.63) is 73.1 Å². The lowest BCUT2D eigenvalue weighted by Crippen LogP contribution is -2.30. The summed E-state index contributed by atoms with van der Waals surface area (Å²) in [6.07, 6.45) is 0.298. The van der Waals surface area contributed by atoms with Gasteiger partial charge in [-0.25, -0.2) is 8.78 Å². The summed E-state index contributed by atoms with van der Waals surface area (Å²) >= 11 is 0. The van der Waals surface area contributed by atoms with Gasteiger partial charge in [-0.05, 0) is 12.0 Å². The van der Waals surface area contributed by atoms with Gasteiger partial charge in [0.05, 0.1) is 21.1 Å². The SMILES string of the molecule is O=C(c1cc([N+](=O)[O-])c(F)c(F)c1F)N1CCc2ccc([N+](=O)[O-])cc21. The monoisotopic (exact) mass is 367 g/mol. The van der Waals surface area contributed by atoms with Crippen molar-refractivity contribution in [2.24, 2.45) is 0 Å². The zero-order valence-electron chi connectivity index (χ0n) is 12.7. The van der Waals surface area contributed by atoms with Crippen LogP contribution in [0.1, 0.15) is 15.9 Å². The number of nitro benzene ring substituents is 2. The van der Waals surface area contributed by atoms with E-state index in [4.69, 9.17) is 0 Å². The van der Waals surface area contributed by atoms with Crippen molar-refractivity contribution in [3.63, 3.8) is 0 Å². The Kier molecular flexibility index (Phi) is 4.06. The first-order valence-corrected chi connectivity index (χ1v) is 7.13. The molecule has 0 bridgehead atoms. The lowest BCUT2D eigenvalue weighted by molar-refractivity contribution is -0.387. The highest BCUT2D eigenvalue weighted by Crippen LogP contribution is 2.34. The Morgan fingerprint density at radius 1 is 1.00 bits per heavy atom. The van der Waals surface area contributed by atoms with Gasteiger partial charge in [0.25, 0.3) is 11.6 Å². The quantitative estimate of drug-likeness (QED) is 0.471. The summed E-state index contributed by atoms with van der Waals surface area (Å²) in [6, 6.07) is 4.05. The van der Waals surface area contributed by atoms with Crippen molar-refractivity contribution in [2.45, 2.75) is 6.42 Å². The number of non-ortho nitro benzene ring substituents is 1. The average Bonchev–Trinajstić information content (AvgIpc) is 3.02. The van der Waals surface area contributed by atoms with Crippen molar-refractivity contribution in [1.29, 1.82) is 0 Å². The molecule has 0 radical (unpaired) electrons. The summed E-state index contributed by atoms with van der Waals surface area (Å²) in [6.45, 7) is 0.00155. The number of nitrogens with zero attached hydrogens (tertiary/aromatic N) is 3. The van der Waals surface area contributed by atoms with Gasteiger partial charge in [0.1, 0.15) is 0 Å². The molecule has 1 aliphatic rings. The fraction of sp³-hybridized carbons (Fsp3) is 0.133. The van der Waals surface area contributed by atoms with Gasteiger partial charge in [0.15, 0.2) is 5.82 Å². The molecule has 3 rings (SSSR count). The van der Waals surface area contributed by atoms with Crippen LogP contribution >= 0.6 is 0 Å². The standard InChI is InChI=1S/C15H8F3N3O5/c16-12-9(6-11(21(25)26)13(17)14(12)18)15(22)19-4-3-7-1-2-8(20(23)24)5-10(7)19/h1-2,5-6H,3-4H2. The topological polar surface area (TPSA) is 107 Å². The van der Waals surface area contributed by atoms with E-state index in [0.717, 1.165) is 11.0 Å². The molecular weight excluding hydrogens is 359 g/mol. The van der Waals surface area contributed by atoms with E-state index in [1.54, 1.807) is 0 Å². The van der Waals surface area contributed by atoms with Gasteiger partial charge < -0.3 is 4.90 Å². The number of halogens is 3. The molecular formula is C15H8F3N3O5. The van der Waals surface area contributed by atoms with Crippen molar-refractivity contribution in [2.75, 3.05) is 11.4 Å². The number of fused-ring (bicyclic) bond motifs is 1. The molecule has 0 fully saturated rings. The van der Waals surface area contributed by atoms with Gasteiger partial charge in [-0.15, -0.1) is 0 Å². The van der Waals surface area contributed by atoms with E-state index in [1.807, 2.05) is 0 Å². The number of rotatable bonds is 3. The third kappa shape index (κ3) is 2.62. The van der Waals surface area contributed by atoms with Crippen molar-refractivity contribution < 1.29 is 27.8 Å². The second-order valence-corrected chi connectivity index (χ2v) is 5.42. The Morgan fingerprint density at radius 3 is 2.31 bits per heavy atom. The smallest absolute Gasteiger partial charge is 0.307 e. The van der Waals surface area contributed by atoms with Crippen LogP contribution in [0.4, 0.5) is 30.2 Å². The van der Waals surface area contributed by atoms with E-state index in [9.17, 15) is 38.2 Å². The third-order valence-electron chi connectivity index (χ3n) is 3.98. The van der Waals surface area contributed by atoms with Crippen LogP contribution < -0.4 is 4.90 Å². The van der Waals surface area contributed by atoms with E-state index in [2.05, 4.69) is 0 Å². The Hall–Kier alpha value is -3.50. The van der Waals surface area contributed by atoms with E-state index >= 15 is 0 Å². The fourth-order valence-electron chi connectivity index (χ4n) is 2.72. The van der Waals surface area contributed by atoms with E-state index in [0.29, 0.717) is 18.1 Å². The van der Waals surface area contributed by atoms with Gasteiger partial charge >= 0.3 is 5.69 Å². The van der Waals surface area contributed by atoms with Crippen LogP contribution in [0, 0.1) is 37.7 Å². The van der Waals surface area contributed by atoms with Crippen LogP contribution in [-0.4, -0.2) is 22.3 Å². The van der Waals surface area contributed by atoms with Gasteiger partial charge in [0.2, 0.25) is 11.6 Å². The largest absolute Gasteiger partial charge is 0.308 e. The molecule has 134 valence electrons. The lowest BCUT2D eigenvalue weighted by Gasteiger charge is -2.17. The van der Waals surface area contributed by atoms with Crippen molar-refractivity contribution in [1.82, 2.24) is 0 Å². The number of hydrogen-bond donors (Lipinski definition) is 0. The Labute approximate surface area is 142 Å². The Balaban J connectivity index is 2.09. The molecule has 0 saturated carbocycles. The highest BCUT2D eigenvalue weighted by atomic mass is 19.2. The maximum Gasteiger partial charge on any atom is 0.308 e. The summed E-state index contributed by atoms with van der Waals surface area (Å²) in [7, 11) is 0. The van der Waals surface area contributed by atoms with Gasteiger partial charge in [-0.2, -0.15) is 4.39 Å². The molecule has 1 heterocycles. The molecule has 1 aliphatic heterocycles. The van der Waals surface area contributed by atoms with Crippen LogP contribution in [0.5, 0.6) is 0 Å². The van der Waals surface area contributed by atoms with Gasteiger partial charge in [-0.1, -0.05) is 6.07 Å². The number of amides is 1. The third-order valence-corrected chi connectivity index (χ3v) is 3.98. The average molecular weight is 367 g/mol. The number of carbonyl (C=O) groups excluding carboxylic acids is 1. The second-order valence-electron chi connectivity index (χ2n) is 5.42. The molecule has 0 aromatic heterocycles. The lowest BCUT2D eigenvalue weighted by atomic mass is 10.1. The Morgan fingerprint density at radius 2 is 1.69 bits per heavy atom. The van der Waals surface area contributed by atoms with Gasteiger partial charge in [0, 0.05) is 24.7 Å². The minimum Gasteiger partial charge on any atom is -0.307 e. The first kappa shape index (κ1) is 17.3. The Bertz CT molecular complexity index is 979. The summed E-state index contributed by atoms with van der Waals surface area (Å²) in [5.41, 5.74) is -2.07. The summed E-state index contributed by atoms with van der Waals surface area (Å²) in [5, 5.41) is 21.7. The molecule has 11 heteroatoms. The second kappa shape index (κ2) is 6.10. The van der Waals surface area contributed by atoms with Crippen LogP contribution in [0.25, 0.3) is 0 Å². The van der Waals surface area contributed by atoms with Crippen LogP contribution in [0.2, 0.25) is 0 Å². The molecule has 8 nitrogen and oxygen atoms in total. The molecule has 0 N–H and O–H groups in total. The molecule has 0 atom stereocenters. The van der Waals surface area contributed by atoms with E-state index < -0.39 is 44.5 Å². The van der Waals surface area contributed by atoms with Crippen LogP contribution in [0.15, 0.2) is 24.3 Å². The number of anilines is 1. The maximum absolute atomic E-state index is 14.0. The van der Waals surface area contributed by atoms with Crippen molar-refractivity contribution in [3.8, 4) is 0 Å². The molecule has 0 saturated heterocycles. The zero-order chi connectivity index (χ0) is 19.2. The van der Waals surface area contributed by atoms with Gasteiger partial charge in [-0.3, -0.25) is 25.0 Å². The number of nitro groups is 2. The molecule has 0 unspecified atom stereocenters. The van der Waals surface area contributed by atoms with E-state index in [1.165, 1.54) is 12.1 Å². The normalized spacial score (nSPS) is 12.8. The number of hydrogen-bond acceptors (Lipinski definition) is 5. The molecule has 0 aliphatic carbocycles. The van der Waals surface area contributed by atoms with Crippen molar-refractivity contribution >= 4 is 23.0 Å². The van der Waals surface area contributed by atoms with E-state index in [-0.39, 0.29) is 17.9 Å². The highest BCUT2D eigenvalue weighted by Gasteiger charge is 2.33. The summed E-state index contributed by atoms with van der Waals surface area (Å²) < 4.78 is 41.1. The molecule has 1 amide bonds. The molecule has 2 aromatic carbocycles. The minimum atomic E-state index is -2.14. The first-order chi connectivity index (χ1) is 12.2. The highest BCUT2D eigenvalue weighted by molar-refractivity contribution is 6.08.